The van der Waals surface area contributed by atoms with Crippen molar-refractivity contribution in [3.05, 3.63) is 0 Å². The predicted molar refractivity (Wildman–Crippen MR) is 81.3 cm³/mol. The summed E-state index contributed by atoms with van der Waals surface area (Å²) in [6.45, 7) is 5.82. The second kappa shape index (κ2) is 9.35. The van der Waals surface area contributed by atoms with Crippen molar-refractivity contribution in [1.82, 2.24) is 10.2 Å². The van der Waals surface area contributed by atoms with Gasteiger partial charge in [-0.25, -0.2) is 0 Å². The van der Waals surface area contributed by atoms with Gasteiger partial charge in [-0.1, -0.05) is 0 Å². The maximum atomic E-state index is 13.1. The number of carbonyl (C=O) groups is 1. The number of rotatable bonds is 9. The summed E-state index contributed by atoms with van der Waals surface area (Å²) in [5, 5.41) is 3.31. The van der Waals surface area contributed by atoms with E-state index in [4.69, 9.17) is 14.2 Å². The fraction of sp³-hybridized carbons (Fsp3) is 0.933. The summed E-state index contributed by atoms with van der Waals surface area (Å²) in [6, 6.07) is 0.0290. The summed E-state index contributed by atoms with van der Waals surface area (Å²) in [5.74, 6) is 0.160. The molecule has 0 saturated carbocycles. The van der Waals surface area contributed by atoms with Gasteiger partial charge in [0.15, 0.2) is 0 Å². The van der Waals surface area contributed by atoms with Crippen LogP contribution in [-0.4, -0.2) is 77.6 Å². The van der Waals surface area contributed by atoms with Crippen molar-refractivity contribution in [2.45, 2.75) is 25.8 Å². The molecule has 1 aliphatic heterocycles. The third kappa shape index (κ3) is 4.92. The number of amides is 1. The largest absolute Gasteiger partial charge is 0.384 e. The average molecular weight is 302 g/mol. The molecule has 1 saturated heterocycles. The monoisotopic (exact) mass is 302 g/mol. The third-order valence-electron chi connectivity index (χ3n) is 4.17. The minimum Gasteiger partial charge on any atom is -0.384 e. The molecule has 1 rings (SSSR count). The highest BCUT2D eigenvalue weighted by Gasteiger charge is 2.43. The zero-order valence-electron chi connectivity index (χ0n) is 13.8. The molecule has 1 amide bonds. The number of nitrogens with zero attached hydrogens (tertiary/aromatic N) is 1. The minimum absolute atomic E-state index is 0.0290. The molecule has 1 fully saturated rings. The number of hydrogen-bond donors (Lipinski definition) is 1. The number of piperidine rings is 1. The Bertz CT molecular complexity index is 301. The maximum Gasteiger partial charge on any atom is 0.231 e. The van der Waals surface area contributed by atoms with E-state index >= 15 is 0 Å². The van der Waals surface area contributed by atoms with Crippen LogP contribution >= 0.6 is 0 Å². The molecule has 6 nitrogen and oxygen atoms in total. The van der Waals surface area contributed by atoms with Crippen molar-refractivity contribution in [3.63, 3.8) is 0 Å². The lowest BCUT2D eigenvalue weighted by molar-refractivity contribution is -0.151. The molecule has 0 aromatic rings. The Labute approximate surface area is 128 Å². The standard InChI is InChI=1S/C15H30N2O4/c1-13(11-20-3)17(9-10-19-2)14(18)15(12-21-4)5-7-16-8-6-15/h13,16H,5-12H2,1-4H3. The van der Waals surface area contributed by atoms with Crippen LogP contribution < -0.4 is 5.32 Å². The molecule has 1 heterocycles. The normalized spacial score (nSPS) is 19.2. The molecule has 6 heteroatoms. The van der Waals surface area contributed by atoms with Crippen LogP contribution in [0.2, 0.25) is 0 Å². The fourth-order valence-corrected chi connectivity index (χ4v) is 2.95. The lowest BCUT2D eigenvalue weighted by atomic mass is 9.78. The number of hydrogen-bond acceptors (Lipinski definition) is 5. The number of methoxy groups -OCH3 is 3. The van der Waals surface area contributed by atoms with E-state index in [1.165, 1.54) is 0 Å². The average Bonchev–Trinajstić information content (AvgIpc) is 2.49. The lowest BCUT2D eigenvalue weighted by Crippen LogP contribution is -2.55. The molecular weight excluding hydrogens is 272 g/mol. The van der Waals surface area contributed by atoms with Crippen LogP contribution in [0.4, 0.5) is 0 Å². The van der Waals surface area contributed by atoms with Gasteiger partial charge in [-0.15, -0.1) is 0 Å². The van der Waals surface area contributed by atoms with Crippen molar-refractivity contribution in [3.8, 4) is 0 Å². The van der Waals surface area contributed by atoms with E-state index < -0.39 is 5.41 Å². The third-order valence-corrected chi connectivity index (χ3v) is 4.17. The Balaban J connectivity index is 2.87. The fourth-order valence-electron chi connectivity index (χ4n) is 2.95. The molecule has 0 aromatic heterocycles. The van der Waals surface area contributed by atoms with Gasteiger partial charge in [-0.05, 0) is 32.9 Å². The van der Waals surface area contributed by atoms with E-state index in [0.29, 0.717) is 26.4 Å². The zero-order chi connectivity index (χ0) is 15.7. The number of ether oxygens (including phenoxy) is 3. The molecule has 1 atom stereocenters. The van der Waals surface area contributed by atoms with Gasteiger partial charge in [0.2, 0.25) is 5.91 Å². The molecule has 124 valence electrons. The zero-order valence-corrected chi connectivity index (χ0v) is 13.8. The summed E-state index contributed by atoms with van der Waals surface area (Å²) in [5.41, 5.74) is -0.421. The molecule has 1 aliphatic rings. The molecule has 0 bridgehead atoms. The summed E-state index contributed by atoms with van der Waals surface area (Å²) in [6.07, 6.45) is 1.62. The molecule has 0 radical (unpaired) electrons. The van der Waals surface area contributed by atoms with Crippen LogP contribution in [-0.2, 0) is 19.0 Å². The van der Waals surface area contributed by atoms with E-state index in [0.717, 1.165) is 25.9 Å². The van der Waals surface area contributed by atoms with Crippen molar-refractivity contribution >= 4 is 5.91 Å². The molecule has 21 heavy (non-hydrogen) atoms. The second-order valence-corrected chi connectivity index (χ2v) is 5.76. The summed E-state index contributed by atoms with van der Waals surface area (Å²) in [4.78, 5) is 15.0. The minimum atomic E-state index is -0.421. The van der Waals surface area contributed by atoms with Crippen molar-refractivity contribution in [1.29, 1.82) is 0 Å². The topological polar surface area (TPSA) is 60.0 Å². The van der Waals surface area contributed by atoms with E-state index in [1.807, 2.05) is 11.8 Å². The first-order valence-corrected chi connectivity index (χ1v) is 7.60. The van der Waals surface area contributed by atoms with Gasteiger partial charge < -0.3 is 24.4 Å². The smallest absolute Gasteiger partial charge is 0.231 e. The molecule has 1 unspecified atom stereocenters. The summed E-state index contributed by atoms with van der Waals surface area (Å²) in [7, 11) is 4.97. The molecular formula is C15H30N2O4. The molecule has 1 N–H and O–H groups in total. The van der Waals surface area contributed by atoms with Gasteiger partial charge in [0, 0.05) is 27.9 Å². The first-order valence-electron chi connectivity index (χ1n) is 7.60. The Hall–Kier alpha value is -0.690. The van der Waals surface area contributed by atoms with Crippen LogP contribution in [0.5, 0.6) is 0 Å². The van der Waals surface area contributed by atoms with Crippen LogP contribution in [0.3, 0.4) is 0 Å². The highest BCUT2D eigenvalue weighted by Crippen LogP contribution is 2.32. The quantitative estimate of drug-likeness (QED) is 0.672. The van der Waals surface area contributed by atoms with Crippen molar-refractivity contribution < 1.29 is 19.0 Å². The van der Waals surface area contributed by atoms with Crippen LogP contribution in [0.25, 0.3) is 0 Å². The number of carbonyl (C=O) groups excluding carboxylic acids is 1. The summed E-state index contributed by atoms with van der Waals surface area (Å²) < 4.78 is 15.7. The Kier molecular flexibility index (Phi) is 8.18. The van der Waals surface area contributed by atoms with E-state index in [-0.39, 0.29) is 11.9 Å². The second-order valence-electron chi connectivity index (χ2n) is 5.76. The summed E-state index contributed by atoms with van der Waals surface area (Å²) >= 11 is 0. The highest BCUT2D eigenvalue weighted by atomic mass is 16.5. The van der Waals surface area contributed by atoms with Crippen molar-refractivity contribution in [2.24, 2.45) is 5.41 Å². The van der Waals surface area contributed by atoms with Gasteiger partial charge in [-0.2, -0.15) is 0 Å². The Morgan fingerprint density at radius 1 is 1.19 bits per heavy atom. The van der Waals surface area contributed by atoms with E-state index in [9.17, 15) is 4.79 Å². The van der Waals surface area contributed by atoms with Crippen LogP contribution in [0.15, 0.2) is 0 Å². The van der Waals surface area contributed by atoms with Crippen LogP contribution in [0, 0.1) is 5.41 Å². The highest BCUT2D eigenvalue weighted by molar-refractivity contribution is 5.83. The SMILES string of the molecule is COCCN(C(=O)C1(COC)CCNCC1)C(C)COC. The van der Waals surface area contributed by atoms with E-state index in [2.05, 4.69) is 5.32 Å². The van der Waals surface area contributed by atoms with Gasteiger partial charge >= 0.3 is 0 Å². The lowest BCUT2D eigenvalue weighted by Gasteiger charge is -2.41. The maximum absolute atomic E-state index is 13.1. The molecule has 0 aliphatic carbocycles. The van der Waals surface area contributed by atoms with Gasteiger partial charge in [0.1, 0.15) is 0 Å². The number of nitrogens with one attached hydrogen (secondary N) is 1. The first kappa shape index (κ1) is 18.4. The van der Waals surface area contributed by atoms with Gasteiger partial charge in [0.05, 0.1) is 31.3 Å². The first-order chi connectivity index (χ1) is 10.1. The van der Waals surface area contributed by atoms with Gasteiger partial charge in [-0.3, -0.25) is 4.79 Å². The van der Waals surface area contributed by atoms with Crippen molar-refractivity contribution in [2.75, 3.05) is 60.8 Å². The van der Waals surface area contributed by atoms with Crippen LogP contribution in [0.1, 0.15) is 19.8 Å². The Morgan fingerprint density at radius 2 is 1.86 bits per heavy atom. The predicted octanol–water partition coefficient (Wildman–Crippen LogP) is 0.513. The molecule has 0 aromatic carbocycles. The van der Waals surface area contributed by atoms with E-state index in [1.54, 1.807) is 21.3 Å². The van der Waals surface area contributed by atoms with Gasteiger partial charge in [0.25, 0.3) is 0 Å². The molecule has 0 spiro atoms. The Morgan fingerprint density at radius 3 is 2.38 bits per heavy atom.